The van der Waals surface area contributed by atoms with Gasteiger partial charge in [-0.15, -0.1) is 0 Å². The van der Waals surface area contributed by atoms with Crippen molar-refractivity contribution in [3.05, 3.63) is 0 Å². The zero-order valence-corrected chi connectivity index (χ0v) is 10.00. The number of hydrogen-bond donors (Lipinski definition) is 1. The highest BCUT2D eigenvalue weighted by atomic mass is 15.2. The highest BCUT2D eigenvalue weighted by Gasteiger charge is 2.24. The normalized spacial score (nSPS) is 29.6. The van der Waals surface area contributed by atoms with E-state index in [0.29, 0.717) is 12.1 Å². The molecule has 1 aliphatic rings. The number of nitrogens with two attached hydrogens (primary N) is 1. The molecule has 0 aliphatic carbocycles. The molecule has 2 nitrogen and oxygen atoms in total. The maximum atomic E-state index is 6.12. The van der Waals surface area contributed by atoms with Crippen molar-refractivity contribution in [3.63, 3.8) is 0 Å². The molecule has 2 heteroatoms. The Labute approximate surface area is 88.8 Å². The van der Waals surface area contributed by atoms with Crippen LogP contribution in [0.1, 0.15) is 52.9 Å². The van der Waals surface area contributed by atoms with Crippen molar-refractivity contribution in [1.29, 1.82) is 0 Å². The molecule has 1 heterocycles. The van der Waals surface area contributed by atoms with Gasteiger partial charge in [0.05, 0.1) is 0 Å². The molecule has 2 N–H and O–H groups in total. The molecule has 0 spiro atoms. The Kier molecular flexibility index (Phi) is 4.90. The molecule has 0 aromatic carbocycles. The molecule has 0 saturated carbocycles. The van der Waals surface area contributed by atoms with Crippen LogP contribution in [0.2, 0.25) is 0 Å². The number of rotatable bonds is 3. The Morgan fingerprint density at radius 1 is 1.36 bits per heavy atom. The highest BCUT2D eigenvalue weighted by molar-refractivity contribution is 4.82. The zero-order chi connectivity index (χ0) is 10.6. The highest BCUT2D eigenvalue weighted by Crippen LogP contribution is 2.20. The molecule has 0 amide bonds. The second-order valence-corrected chi connectivity index (χ2v) is 4.75. The molecule has 0 bridgehead atoms. The fourth-order valence-corrected chi connectivity index (χ4v) is 2.49. The van der Waals surface area contributed by atoms with Crippen LogP contribution in [0.4, 0.5) is 0 Å². The summed E-state index contributed by atoms with van der Waals surface area (Å²) in [6.45, 7) is 8.07. The minimum Gasteiger partial charge on any atom is -0.326 e. The van der Waals surface area contributed by atoms with Crippen LogP contribution in [0, 0.1) is 0 Å². The van der Waals surface area contributed by atoms with E-state index in [0.717, 1.165) is 12.5 Å². The topological polar surface area (TPSA) is 29.3 Å². The average molecular weight is 198 g/mol. The first-order valence-corrected chi connectivity index (χ1v) is 6.18. The van der Waals surface area contributed by atoms with Gasteiger partial charge in [-0.3, -0.25) is 4.90 Å². The zero-order valence-electron chi connectivity index (χ0n) is 10.00. The van der Waals surface area contributed by atoms with Gasteiger partial charge in [-0.05, 0) is 39.7 Å². The largest absolute Gasteiger partial charge is 0.326 e. The van der Waals surface area contributed by atoms with E-state index in [9.17, 15) is 0 Å². The predicted octanol–water partition coefficient (Wildman–Crippen LogP) is 2.38. The minimum absolute atomic E-state index is 0.343. The summed E-state index contributed by atoms with van der Waals surface area (Å²) in [4.78, 5) is 2.61. The standard InChI is InChI=1S/C12H26N2/c1-4-12(13)11(3)14-9-7-5-6-8-10(14)2/h10-12H,4-9,13H2,1-3H3. The van der Waals surface area contributed by atoms with E-state index in [4.69, 9.17) is 5.73 Å². The number of likely N-dealkylation sites (tertiary alicyclic amines) is 1. The maximum Gasteiger partial charge on any atom is 0.0221 e. The van der Waals surface area contributed by atoms with Gasteiger partial charge in [0.2, 0.25) is 0 Å². The van der Waals surface area contributed by atoms with Gasteiger partial charge < -0.3 is 5.73 Å². The van der Waals surface area contributed by atoms with Gasteiger partial charge in [-0.2, -0.15) is 0 Å². The molecular formula is C12H26N2. The molecule has 14 heavy (non-hydrogen) atoms. The first-order chi connectivity index (χ1) is 6.66. The second kappa shape index (κ2) is 5.72. The first kappa shape index (κ1) is 12.0. The summed E-state index contributed by atoms with van der Waals surface area (Å²) >= 11 is 0. The number of hydrogen-bond acceptors (Lipinski definition) is 2. The fraction of sp³-hybridized carbons (Fsp3) is 1.00. The van der Waals surface area contributed by atoms with Gasteiger partial charge in [0.15, 0.2) is 0 Å². The Hall–Kier alpha value is -0.0800. The van der Waals surface area contributed by atoms with E-state index >= 15 is 0 Å². The molecule has 3 unspecified atom stereocenters. The van der Waals surface area contributed by atoms with Crippen molar-refractivity contribution in [2.45, 2.75) is 71.0 Å². The van der Waals surface area contributed by atoms with Crippen molar-refractivity contribution in [3.8, 4) is 0 Å². The molecule has 3 atom stereocenters. The van der Waals surface area contributed by atoms with E-state index in [1.165, 1.54) is 32.2 Å². The molecule has 1 aliphatic heterocycles. The van der Waals surface area contributed by atoms with Crippen LogP contribution < -0.4 is 5.73 Å². The van der Waals surface area contributed by atoms with Gasteiger partial charge >= 0.3 is 0 Å². The second-order valence-electron chi connectivity index (χ2n) is 4.75. The Morgan fingerprint density at radius 2 is 2.07 bits per heavy atom. The van der Waals surface area contributed by atoms with Crippen molar-refractivity contribution in [1.82, 2.24) is 4.90 Å². The summed E-state index contributed by atoms with van der Waals surface area (Å²) in [6, 6.07) is 1.62. The summed E-state index contributed by atoms with van der Waals surface area (Å²) in [5, 5.41) is 0. The number of nitrogens with zero attached hydrogens (tertiary/aromatic N) is 1. The minimum atomic E-state index is 0.343. The van der Waals surface area contributed by atoms with Gasteiger partial charge in [-0.1, -0.05) is 19.8 Å². The third-order valence-corrected chi connectivity index (χ3v) is 3.72. The van der Waals surface area contributed by atoms with Gasteiger partial charge in [-0.25, -0.2) is 0 Å². The first-order valence-electron chi connectivity index (χ1n) is 6.18. The summed E-state index contributed by atoms with van der Waals surface area (Å²) in [5.41, 5.74) is 6.12. The molecule has 84 valence electrons. The molecular weight excluding hydrogens is 172 g/mol. The Bertz CT molecular complexity index is 158. The lowest BCUT2D eigenvalue weighted by Gasteiger charge is -2.36. The van der Waals surface area contributed by atoms with Crippen LogP contribution >= 0.6 is 0 Å². The summed E-state index contributed by atoms with van der Waals surface area (Å²) in [6.07, 6.45) is 6.58. The third kappa shape index (κ3) is 2.96. The van der Waals surface area contributed by atoms with Crippen LogP contribution in [0.3, 0.4) is 0 Å². The van der Waals surface area contributed by atoms with Crippen LogP contribution in [0.5, 0.6) is 0 Å². The predicted molar refractivity (Wildman–Crippen MR) is 62.4 cm³/mol. The molecule has 1 rings (SSSR count). The molecule has 0 radical (unpaired) electrons. The van der Waals surface area contributed by atoms with Crippen molar-refractivity contribution in [2.24, 2.45) is 5.73 Å². The van der Waals surface area contributed by atoms with Crippen molar-refractivity contribution >= 4 is 0 Å². The average Bonchev–Trinajstić information content (AvgIpc) is 2.40. The summed E-state index contributed by atoms with van der Waals surface area (Å²) in [5.74, 6) is 0. The fourth-order valence-electron chi connectivity index (χ4n) is 2.49. The third-order valence-electron chi connectivity index (χ3n) is 3.72. The summed E-state index contributed by atoms with van der Waals surface area (Å²) in [7, 11) is 0. The van der Waals surface area contributed by atoms with Crippen molar-refractivity contribution in [2.75, 3.05) is 6.54 Å². The monoisotopic (exact) mass is 198 g/mol. The van der Waals surface area contributed by atoms with Crippen LogP contribution in [0.15, 0.2) is 0 Å². The smallest absolute Gasteiger partial charge is 0.0221 e. The van der Waals surface area contributed by atoms with Crippen LogP contribution in [-0.4, -0.2) is 29.6 Å². The quantitative estimate of drug-likeness (QED) is 0.754. The SMILES string of the molecule is CCC(N)C(C)N1CCCCCC1C. The Balaban J connectivity index is 2.53. The molecule has 0 aromatic rings. The lowest BCUT2D eigenvalue weighted by Crippen LogP contribution is -2.49. The Morgan fingerprint density at radius 3 is 2.71 bits per heavy atom. The van der Waals surface area contributed by atoms with Gasteiger partial charge in [0, 0.05) is 18.1 Å². The lowest BCUT2D eigenvalue weighted by atomic mass is 10.0. The van der Waals surface area contributed by atoms with Gasteiger partial charge in [0.1, 0.15) is 0 Å². The lowest BCUT2D eigenvalue weighted by molar-refractivity contribution is 0.136. The van der Waals surface area contributed by atoms with E-state index < -0.39 is 0 Å². The van der Waals surface area contributed by atoms with E-state index in [1.807, 2.05) is 0 Å². The van der Waals surface area contributed by atoms with E-state index in [-0.39, 0.29) is 0 Å². The van der Waals surface area contributed by atoms with E-state index in [1.54, 1.807) is 0 Å². The summed E-state index contributed by atoms with van der Waals surface area (Å²) < 4.78 is 0. The van der Waals surface area contributed by atoms with Crippen LogP contribution in [-0.2, 0) is 0 Å². The molecule has 1 fully saturated rings. The molecule has 1 saturated heterocycles. The molecule has 0 aromatic heterocycles. The van der Waals surface area contributed by atoms with Crippen molar-refractivity contribution < 1.29 is 0 Å². The maximum absolute atomic E-state index is 6.12. The van der Waals surface area contributed by atoms with E-state index in [2.05, 4.69) is 25.7 Å². The van der Waals surface area contributed by atoms with Gasteiger partial charge in [0.25, 0.3) is 0 Å². The van der Waals surface area contributed by atoms with Crippen LogP contribution in [0.25, 0.3) is 0 Å².